The van der Waals surface area contributed by atoms with Crippen molar-refractivity contribution in [1.82, 2.24) is 25.9 Å². The Labute approximate surface area is 199 Å². The highest BCUT2D eigenvalue weighted by Crippen LogP contribution is 2.12. The Balaban J connectivity index is 2.24. The summed E-state index contributed by atoms with van der Waals surface area (Å²) in [6.07, 6.45) is 2.03. The van der Waals surface area contributed by atoms with E-state index in [1.165, 1.54) is 24.7 Å². The molecule has 0 saturated carbocycles. The summed E-state index contributed by atoms with van der Waals surface area (Å²) in [5, 5.41) is 25.9. The van der Waals surface area contributed by atoms with Crippen LogP contribution in [0.15, 0.2) is 36.8 Å². The van der Waals surface area contributed by atoms with E-state index in [9.17, 15) is 34.2 Å². The van der Waals surface area contributed by atoms with Crippen LogP contribution in [-0.4, -0.2) is 74.4 Å². The van der Waals surface area contributed by atoms with Gasteiger partial charge in [0.15, 0.2) is 0 Å². The van der Waals surface area contributed by atoms with Crippen molar-refractivity contribution >= 4 is 29.6 Å². The fraction of sp³-hybridized carbons (Fsp3) is 0.333. The number of aliphatic carboxylic acids is 1. The third kappa shape index (κ3) is 8.77. The van der Waals surface area contributed by atoms with Crippen molar-refractivity contribution in [2.45, 2.75) is 37.4 Å². The molecule has 0 fully saturated rings. The SMILES string of the molecule is NCC(=O)NC(Cc1ccc(O)cc1)C(=O)NC(Cc1cnc[nH]1)C(=O)NC(CC(N)=O)C(=O)O. The van der Waals surface area contributed by atoms with Crippen LogP contribution < -0.4 is 27.4 Å². The average molecular weight is 489 g/mol. The lowest BCUT2D eigenvalue weighted by Gasteiger charge is -2.24. The Morgan fingerprint density at radius 1 is 0.943 bits per heavy atom. The molecule has 0 bridgehead atoms. The molecule has 188 valence electrons. The van der Waals surface area contributed by atoms with E-state index in [1.54, 1.807) is 12.1 Å². The van der Waals surface area contributed by atoms with Gasteiger partial charge in [-0.05, 0) is 17.7 Å². The molecule has 14 nitrogen and oxygen atoms in total. The lowest BCUT2D eigenvalue weighted by atomic mass is 10.0. The normalized spacial score (nSPS) is 13.2. The van der Waals surface area contributed by atoms with Crippen LogP contribution >= 0.6 is 0 Å². The second-order valence-corrected chi connectivity index (χ2v) is 7.61. The van der Waals surface area contributed by atoms with Crippen LogP contribution in [0.4, 0.5) is 0 Å². The molecule has 14 heteroatoms. The highest BCUT2D eigenvalue weighted by Gasteiger charge is 2.30. The smallest absolute Gasteiger partial charge is 0.326 e. The molecule has 1 aromatic heterocycles. The van der Waals surface area contributed by atoms with E-state index in [4.69, 9.17) is 11.5 Å². The zero-order valence-corrected chi connectivity index (χ0v) is 18.6. The number of aromatic nitrogens is 2. The number of H-pyrrole nitrogens is 1. The number of nitrogens with two attached hydrogens (primary N) is 2. The molecule has 10 N–H and O–H groups in total. The number of hydrogen-bond donors (Lipinski definition) is 8. The largest absolute Gasteiger partial charge is 0.508 e. The highest BCUT2D eigenvalue weighted by molar-refractivity contribution is 5.94. The molecule has 0 aliphatic rings. The maximum atomic E-state index is 13.1. The molecule has 1 heterocycles. The molecule has 4 amide bonds. The number of benzene rings is 1. The number of primary amides is 1. The Bertz CT molecular complexity index is 1040. The number of rotatable bonds is 13. The summed E-state index contributed by atoms with van der Waals surface area (Å²) >= 11 is 0. The number of hydrogen-bond acceptors (Lipinski definition) is 8. The van der Waals surface area contributed by atoms with Crippen LogP contribution in [0.3, 0.4) is 0 Å². The van der Waals surface area contributed by atoms with Crippen LogP contribution in [0.25, 0.3) is 0 Å². The molecule has 0 radical (unpaired) electrons. The fourth-order valence-corrected chi connectivity index (χ4v) is 3.10. The maximum Gasteiger partial charge on any atom is 0.326 e. The molecular weight excluding hydrogens is 462 g/mol. The lowest BCUT2D eigenvalue weighted by Crippen LogP contribution is -2.57. The minimum absolute atomic E-state index is 0.00960. The molecule has 2 aromatic rings. The molecule has 0 spiro atoms. The number of carboxylic acid groups (broad SMARTS) is 1. The first-order valence-corrected chi connectivity index (χ1v) is 10.5. The van der Waals surface area contributed by atoms with Gasteiger partial charge >= 0.3 is 5.97 Å². The van der Waals surface area contributed by atoms with Crippen molar-refractivity contribution in [3.63, 3.8) is 0 Å². The van der Waals surface area contributed by atoms with Crippen molar-refractivity contribution in [3.8, 4) is 5.75 Å². The Morgan fingerprint density at radius 2 is 1.54 bits per heavy atom. The number of nitrogens with zero attached hydrogens (tertiary/aromatic N) is 1. The van der Waals surface area contributed by atoms with Crippen molar-refractivity contribution < 1.29 is 34.2 Å². The van der Waals surface area contributed by atoms with Gasteiger partial charge < -0.3 is 42.6 Å². The zero-order valence-electron chi connectivity index (χ0n) is 18.6. The van der Waals surface area contributed by atoms with E-state index in [1.807, 2.05) is 0 Å². The fourth-order valence-electron chi connectivity index (χ4n) is 3.10. The zero-order chi connectivity index (χ0) is 26.0. The predicted octanol–water partition coefficient (Wildman–Crippen LogP) is -2.73. The number of carbonyl (C=O) groups is 5. The summed E-state index contributed by atoms with van der Waals surface area (Å²) < 4.78 is 0. The lowest BCUT2D eigenvalue weighted by molar-refractivity contribution is -0.143. The summed E-state index contributed by atoms with van der Waals surface area (Å²) in [5.74, 6) is -4.67. The number of nitrogens with one attached hydrogen (secondary N) is 4. The number of imidazole rings is 1. The molecule has 1 aromatic carbocycles. The predicted molar refractivity (Wildman–Crippen MR) is 120 cm³/mol. The van der Waals surface area contributed by atoms with Crippen LogP contribution in [0.2, 0.25) is 0 Å². The van der Waals surface area contributed by atoms with E-state index < -0.39 is 54.1 Å². The molecule has 3 unspecified atom stereocenters. The van der Waals surface area contributed by atoms with Gasteiger partial charge in [0, 0.05) is 24.7 Å². The molecule has 0 saturated heterocycles. The number of aromatic hydroxyl groups is 1. The number of phenolic OH excluding ortho intramolecular Hbond substituents is 1. The van der Waals surface area contributed by atoms with Crippen molar-refractivity contribution in [1.29, 1.82) is 0 Å². The van der Waals surface area contributed by atoms with E-state index in [-0.39, 0.29) is 25.1 Å². The van der Waals surface area contributed by atoms with Gasteiger partial charge in [-0.3, -0.25) is 19.2 Å². The monoisotopic (exact) mass is 489 g/mol. The third-order valence-electron chi connectivity index (χ3n) is 4.85. The molecule has 2 rings (SSSR count). The van der Waals surface area contributed by atoms with Crippen LogP contribution in [0.5, 0.6) is 5.75 Å². The van der Waals surface area contributed by atoms with Gasteiger partial charge in [-0.15, -0.1) is 0 Å². The van der Waals surface area contributed by atoms with Crippen molar-refractivity contribution in [2.24, 2.45) is 11.5 Å². The Morgan fingerprint density at radius 3 is 2.06 bits per heavy atom. The van der Waals surface area contributed by atoms with E-state index >= 15 is 0 Å². The summed E-state index contributed by atoms with van der Waals surface area (Å²) in [6, 6.07) is 1.89. The second kappa shape index (κ2) is 12.7. The van der Waals surface area contributed by atoms with Gasteiger partial charge in [0.05, 0.1) is 19.3 Å². The van der Waals surface area contributed by atoms with Crippen LogP contribution in [0.1, 0.15) is 17.7 Å². The van der Waals surface area contributed by atoms with Gasteiger partial charge in [-0.2, -0.15) is 0 Å². The summed E-state index contributed by atoms with van der Waals surface area (Å²) in [4.78, 5) is 67.1. The molecule has 35 heavy (non-hydrogen) atoms. The summed E-state index contributed by atoms with van der Waals surface area (Å²) in [5.41, 5.74) is 11.5. The van der Waals surface area contributed by atoms with E-state index in [0.29, 0.717) is 11.3 Å². The number of phenols is 1. The average Bonchev–Trinajstić information content (AvgIpc) is 3.31. The first-order chi connectivity index (χ1) is 16.6. The standard InChI is InChI=1S/C21H27N7O7/c22-8-18(31)26-14(5-11-1-3-13(29)4-2-11)19(32)27-15(6-12-9-24-10-25-12)20(33)28-16(21(34)35)7-17(23)30/h1-4,9-10,14-16,29H,5-8,22H2,(H2,23,30)(H,24,25)(H,26,31)(H,27,32)(H,28,33)(H,34,35). The molecule has 0 aliphatic heterocycles. The van der Waals surface area contributed by atoms with Crippen molar-refractivity contribution in [3.05, 3.63) is 48.0 Å². The number of aromatic amines is 1. The van der Waals surface area contributed by atoms with Gasteiger partial charge in [0.25, 0.3) is 0 Å². The van der Waals surface area contributed by atoms with Crippen molar-refractivity contribution in [2.75, 3.05) is 6.54 Å². The molecule has 3 atom stereocenters. The summed E-state index contributed by atoms with van der Waals surface area (Å²) in [6.45, 7) is -0.384. The van der Waals surface area contributed by atoms with Gasteiger partial charge in [0.1, 0.15) is 23.9 Å². The Kier molecular flexibility index (Phi) is 9.71. The number of amides is 4. The molecule has 0 aliphatic carbocycles. The number of carbonyl (C=O) groups excluding carboxylic acids is 4. The number of carboxylic acids is 1. The van der Waals surface area contributed by atoms with Crippen LogP contribution in [-0.2, 0) is 36.8 Å². The Hall–Kier alpha value is -4.46. The second-order valence-electron chi connectivity index (χ2n) is 7.61. The summed E-state index contributed by atoms with van der Waals surface area (Å²) in [7, 11) is 0. The van der Waals surface area contributed by atoms with Gasteiger partial charge in [0.2, 0.25) is 23.6 Å². The minimum atomic E-state index is -1.61. The highest BCUT2D eigenvalue weighted by atomic mass is 16.4. The topological polar surface area (TPSA) is 243 Å². The van der Waals surface area contributed by atoms with Gasteiger partial charge in [-0.25, -0.2) is 9.78 Å². The molecular formula is C21H27N7O7. The maximum absolute atomic E-state index is 13.1. The first kappa shape index (κ1) is 26.8. The minimum Gasteiger partial charge on any atom is -0.508 e. The quantitative estimate of drug-likeness (QED) is 0.145. The first-order valence-electron chi connectivity index (χ1n) is 10.5. The third-order valence-corrected chi connectivity index (χ3v) is 4.85. The van der Waals surface area contributed by atoms with Gasteiger partial charge in [-0.1, -0.05) is 12.1 Å². The van der Waals surface area contributed by atoms with E-state index in [2.05, 4.69) is 25.9 Å². The van der Waals surface area contributed by atoms with Crippen LogP contribution in [0, 0.1) is 0 Å². The van der Waals surface area contributed by atoms with E-state index in [0.717, 1.165) is 0 Å².